The molecular formula is C13H17Cl2NO6. The number of hydrogen-bond donors (Lipinski definition) is 5. The monoisotopic (exact) mass is 353 g/mol. The van der Waals surface area contributed by atoms with Crippen LogP contribution in [-0.2, 0) is 4.74 Å². The van der Waals surface area contributed by atoms with Crippen LogP contribution in [0.25, 0.3) is 0 Å². The fraction of sp³-hybridized carbons (Fsp3) is 0.538. The van der Waals surface area contributed by atoms with E-state index in [4.69, 9.17) is 37.8 Å². The molecule has 1 aliphatic heterocycles. The number of nitrogens with one attached hydrogen (secondary N) is 1. The molecule has 5 N–H and O–H groups in total. The molecular weight excluding hydrogens is 337 g/mol. The fourth-order valence-electron chi connectivity index (χ4n) is 2.10. The summed E-state index contributed by atoms with van der Waals surface area (Å²) in [5.41, 5.74) is 0.663. The first-order valence-corrected chi connectivity index (χ1v) is 7.28. The Morgan fingerprint density at radius 3 is 2.23 bits per heavy atom. The molecule has 0 radical (unpaired) electrons. The van der Waals surface area contributed by atoms with E-state index in [1.165, 1.54) is 0 Å². The number of rotatable bonds is 4. The molecule has 0 bridgehead atoms. The van der Waals surface area contributed by atoms with Crippen LogP contribution in [0.4, 0.5) is 5.69 Å². The Labute approximate surface area is 137 Å². The van der Waals surface area contributed by atoms with Crippen molar-refractivity contribution in [1.29, 1.82) is 0 Å². The zero-order valence-corrected chi connectivity index (χ0v) is 13.1. The molecule has 9 heteroatoms. The van der Waals surface area contributed by atoms with Gasteiger partial charge < -0.3 is 35.2 Å². The van der Waals surface area contributed by atoms with E-state index in [1.54, 1.807) is 19.2 Å². The Morgan fingerprint density at radius 1 is 1.14 bits per heavy atom. The lowest BCUT2D eigenvalue weighted by Gasteiger charge is -2.39. The number of halogens is 2. The molecule has 1 saturated heterocycles. The lowest BCUT2D eigenvalue weighted by atomic mass is 9.99. The van der Waals surface area contributed by atoms with E-state index < -0.39 is 37.3 Å². The molecule has 0 amide bonds. The van der Waals surface area contributed by atoms with Crippen molar-refractivity contribution in [1.82, 2.24) is 0 Å². The molecule has 0 unspecified atom stereocenters. The molecule has 1 aromatic rings. The van der Waals surface area contributed by atoms with Gasteiger partial charge in [-0.15, -0.1) is 0 Å². The maximum Gasteiger partial charge on any atom is 0.229 e. The number of aliphatic hydroxyl groups excluding tert-OH is 4. The van der Waals surface area contributed by atoms with Crippen LogP contribution in [0, 0.1) is 0 Å². The van der Waals surface area contributed by atoms with E-state index in [-0.39, 0.29) is 15.8 Å². The van der Waals surface area contributed by atoms with Gasteiger partial charge in [-0.1, -0.05) is 23.2 Å². The molecule has 0 aromatic heterocycles. The second kappa shape index (κ2) is 7.18. The van der Waals surface area contributed by atoms with Gasteiger partial charge in [-0.05, 0) is 12.1 Å². The SMILES string of the molecule is CNc1cc(Cl)c(O[C@@H]2O[C@H](CO)[C@H](O)[C@H](O)[C@H]2O)c(Cl)c1. The van der Waals surface area contributed by atoms with Gasteiger partial charge in [0.2, 0.25) is 6.29 Å². The minimum Gasteiger partial charge on any atom is -0.459 e. The largest absolute Gasteiger partial charge is 0.459 e. The molecule has 0 spiro atoms. The van der Waals surface area contributed by atoms with Crippen LogP contribution in [0.3, 0.4) is 0 Å². The molecule has 124 valence electrons. The van der Waals surface area contributed by atoms with Crippen LogP contribution >= 0.6 is 23.2 Å². The molecule has 22 heavy (non-hydrogen) atoms. The second-order valence-electron chi connectivity index (χ2n) is 4.83. The molecule has 1 aliphatic rings. The zero-order chi connectivity index (χ0) is 16.4. The quantitative estimate of drug-likeness (QED) is 0.526. The van der Waals surface area contributed by atoms with Crippen molar-refractivity contribution in [3.63, 3.8) is 0 Å². The number of benzene rings is 1. The summed E-state index contributed by atoms with van der Waals surface area (Å²) < 4.78 is 10.7. The van der Waals surface area contributed by atoms with Gasteiger partial charge in [-0.25, -0.2) is 0 Å². The smallest absolute Gasteiger partial charge is 0.229 e. The molecule has 1 fully saturated rings. The molecule has 7 nitrogen and oxygen atoms in total. The molecule has 2 rings (SSSR count). The predicted molar refractivity (Wildman–Crippen MR) is 80.4 cm³/mol. The summed E-state index contributed by atoms with van der Waals surface area (Å²) >= 11 is 12.1. The van der Waals surface area contributed by atoms with Crippen LogP contribution in [0.2, 0.25) is 10.0 Å². The second-order valence-corrected chi connectivity index (χ2v) is 5.65. The fourth-order valence-corrected chi connectivity index (χ4v) is 2.67. The van der Waals surface area contributed by atoms with Gasteiger partial charge in [-0.2, -0.15) is 0 Å². The Hall–Kier alpha value is -0.800. The Morgan fingerprint density at radius 2 is 1.73 bits per heavy atom. The third-order valence-electron chi connectivity index (χ3n) is 3.37. The van der Waals surface area contributed by atoms with Gasteiger partial charge in [-0.3, -0.25) is 0 Å². The van der Waals surface area contributed by atoms with E-state index in [1.807, 2.05) is 0 Å². The van der Waals surface area contributed by atoms with E-state index in [0.717, 1.165) is 0 Å². The van der Waals surface area contributed by atoms with E-state index >= 15 is 0 Å². The first kappa shape index (κ1) is 17.6. The summed E-state index contributed by atoms with van der Waals surface area (Å²) in [6.07, 6.45) is -6.94. The highest BCUT2D eigenvalue weighted by atomic mass is 35.5. The first-order valence-electron chi connectivity index (χ1n) is 6.53. The number of ether oxygens (including phenoxy) is 2. The third-order valence-corrected chi connectivity index (χ3v) is 3.93. The maximum absolute atomic E-state index is 9.92. The van der Waals surface area contributed by atoms with Crippen LogP contribution in [0.15, 0.2) is 12.1 Å². The average molecular weight is 354 g/mol. The molecule has 1 heterocycles. The Kier molecular flexibility index (Phi) is 5.73. The highest BCUT2D eigenvalue weighted by Crippen LogP contribution is 2.38. The summed E-state index contributed by atoms with van der Waals surface area (Å²) in [7, 11) is 1.69. The number of hydrogen-bond acceptors (Lipinski definition) is 7. The summed E-state index contributed by atoms with van der Waals surface area (Å²) in [5, 5.41) is 41.7. The molecule has 1 aromatic carbocycles. The first-order chi connectivity index (χ1) is 10.4. The normalized spacial score (nSPS) is 31.9. The topological polar surface area (TPSA) is 111 Å². The summed E-state index contributed by atoms with van der Waals surface area (Å²) in [6, 6.07) is 3.12. The van der Waals surface area contributed by atoms with Crippen LogP contribution in [0.5, 0.6) is 5.75 Å². The van der Waals surface area contributed by atoms with Crippen molar-refractivity contribution in [2.75, 3.05) is 19.0 Å². The number of anilines is 1. The van der Waals surface area contributed by atoms with Gasteiger partial charge >= 0.3 is 0 Å². The third kappa shape index (κ3) is 3.41. The highest BCUT2D eigenvalue weighted by molar-refractivity contribution is 6.37. The van der Waals surface area contributed by atoms with Crippen LogP contribution in [-0.4, -0.2) is 64.8 Å². The van der Waals surface area contributed by atoms with Crippen LogP contribution in [0.1, 0.15) is 0 Å². The lowest BCUT2D eigenvalue weighted by Crippen LogP contribution is -2.60. The molecule has 5 atom stereocenters. The highest BCUT2D eigenvalue weighted by Gasteiger charge is 2.45. The molecule has 0 aliphatic carbocycles. The van der Waals surface area contributed by atoms with Crippen molar-refractivity contribution in [3.8, 4) is 5.75 Å². The Balaban J connectivity index is 2.22. The summed E-state index contributed by atoms with van der Waals surface area (Å²) in [5.74, 6) is 0.0617. The van der Waals surface area contributed by atoms with Crippen LogP contribution < -0.4 is 10.1 Å². The predicted octanol–water partition coefficient (Wildman–Crippen LogP) is 0.214. The van der Waals surface area contributed by atoms with Gasteiger partial charge in [0.25, 0.3) is 0 Å². The van der Waals surface area contributed by atoms with Gasteiger partial charge in [0.15, 0.2) is 5.75 Å². The van der Waals surface area contributed by atoms with Gasteiger partial charge in [0.05, 0.1) is 16.7 Å². The minimum atomic E-state index is -1.54. The van der Waals surface area contributed by atoms with E-state index in [2.05, 4.69) is 5.32 Å². The standard InChI is InChI=1S/C13H17Cl2NO6/c1-16-5-2-6(14)12(7(15)3-5)22-13-11(20)10(19)9(18)8(4-17)21-13/h2-3,8-11,13,16-20H,4H2,1H3/t8-,9+,10+,11-,13+/m1/s1. The van der Waals surface area contributed by atoms with E-state index in [0.29, 0.717) is 5.69 Å². The molecule has 0 saturated carbocycles. The van der Waals surface area contributed by atoms with Crippen molar-refractivity contribution in [3.05, 3.63) is 22.2 Å². The van der Waals surface area contributed by atoms with Crippen molar-refractivity contribution in [2.45, 2.75) is 30.7 Å². The summed E-state index contributed by atoms with van der Waals surface area (Å²) in [6.45, 7) is -0.551. The summed E-state index contributed by atoms with van der Waals surface area (Å²) in [4.78, 5) is 0. The van der Waals surface area contributed by atoms with E-state index in [9.17, 15) is 15.3 Å². The lowest BCUT2D eigenvalue weighted by molar-refractivity contribution is -0.277. The van der Waals surface area contributed by atoms with Gasteiger partial charge in [0, 0.05) is 12.7 Å². The van der Waals surface area contributed by atoms with Crippen molar-refractivity contribution in [2.24, 2.45) is 0 Å². The average Bonchev–Trinajstić information content (AvgIpc) is 2.50. The number of aliphatic hydroxyl groups is 4. The van der Waals surface area contributed by atoms with Crippen molar-refractivity contribution >= 4 is 28.9 Å². The van der Waals surface area contributed by atoms with Crippen molar-refractivity contribution < 1.29 is 29.9 Å². The Bertz CT molecular complexity index is 506. The minimum absolute atomic E-state index is 0.0617. The van der Waals surface area contributed by atoms with Gasteiger partial charge in [0.1, 0.15) is 24.4 Å². The maximum atomic E-state index is 9.92. The zero-order valence-electron chi connectivity index (χ0n) is 11.6.